The van der Waals surface area contributed by atoms with Crippen molar-refractivity contribution in [3.8, 4) is 10.4 Å². The molecule has 2 nitrogen and oxygen atoms in total. The summed E-state index contributed by atoms with van der Waals surface area (Å²) in [4.78, 5) is 6.26. The molecule has 1 aliphatic rings. The van der Waals surface area contributed by atoms with E-state index in [0.717, 1.165) is 19.0 Å². The summed E-state index contributed by atoms with van der Waals surface area (Å²) in [6.45, 7) is 7.73. The Labute approximate surface area is 131 Å². The summed E-state index contributed by atoms with van der Waals surface area (Å²) >= 11 is 1.86. The largest absolute Gasteiger partial charge is 0.308 e. The molecule has 0 bridgehead atoms. The van der Waals surface area contributed by atoms with Gasteiger partial charge in [0.15, 0.2) is 0 Å². The highest BCUT2D eigenvalue weighted by atomic mass is 32.1. The van der Waals surface area contributed by atoms with E-state index in [1.165, 1.54) is 34.0 Å². The fraction of sp³-hybridized carbons (Fsp3) is 0.500. The van der Waals surface area contributed by atoms with E-state index in [4.69, 9.17) is 4.98 Å². The molecule has 1 saturated carbocycles. The van der Waals surface area contributed by atoms with E-state index in [-0.39, 0.29) is 5.41 Å². The second-order valence-electron chi connectivity index (χ2n) is 7.14. The summed E-state index contributed by atoms with van der Waals surface area (Å²) in [7, 11) is 0. The third kappa shape index (κ3) is 4.14. The van der Waals surface area contributed by atoms with Gasteiger partial charge < -0.3 is 5.32 Å². The van der Waals surface area contributed by atoms with Crippen LogP contribution in [-0.4, -0.2) is 11.0 Å². The molecule has 0 aliphatic heterocycles. The predicted octanol–water partition coefficient (Wildman–Crippen LogP) is 4.65. The topological polar surface area (TPSA) is 24.9 Å². The minimum atomic E-state index is 0.285. The van der Waals surface area contributed by atoms with Crippen LogP contribution in [0.4, 0.5) is 0 Å². The first kappa shape index (κ1) is 14.7. The highest BCUT2D eigenvalue weighted by Crippen LogP contribution is 2.33. The average molecular weight is 300 g/mol. The van der Waals surface area contributed by atoms with Crippen LogP contribution in [-0.2, 0) is 13.0 Å². The van der Waals surface area contributed by atoms with Gasteiger partial charge in [0.2, 0.25) is 0 Å². The van der Waals surface area contributed by atoms with Crippen LogP contribution in [0.5, 0.6) is 0 Å². The summed E-state index contributed by atoms with van der Waals surface area (Å²) in [5, 5.41) is 4.86. The molecule has 0 unspecified atom stereocenters. The number of nitrogens with zero attached hydrogens (tertiary/aromatic N) is 1. The normalized spacial score (nSPS) is 15.4. The van der Waals surface area contributed by atoms with Crippen LogP contribution in [0.1, 0.15) is 44.3 Å². The second-order valence-corrected chi connectivity index (χ2v) is 8.23. The molecule has 112 valence electrons. The van der Waals surface area contributed by atoms with E-state index in [0.29, 0.717) is 0 Å². The molecular formula is C18H24N2S. The van der Waals surface area contributed by atoms with Crippen molar-refractivity contribution < 1.29 is 0 Å². The molecule has 1 heterocycles. The molecule has 1 N–H and O–H groups in total. The Morgan fingerprint density at radius 2 is 1.90 bits per heavy atom. The van der Waals surface area contributed by atoms with Crippen LogP contribution >= 0.6 is 11.3 Å². The maximum Gasteiger partial charge on any atom is 0.0940 e. The second kappa shape index (κ2) is 5.90. The van der Waals surface area contributed by atoms with Gasteiger partial charge in [0, 0.05) is 19.0 Å². The lowest BCUT2D eigenvalue weighted by Gasteiger charge is -2.15. The van der Waals surface area contributed by atoms with Crippen molar-refractivity contribution in [3.63, 3.8) is 0 Å². The highest BCUT2D eigenvalue weighted by molar-refractivity contribution is 7.15. The van der Waals surface area contributed by atoms with Crippen LogP contribution < -0.4 is 5.32 Å². The minimum Gasteiger partial charge on any atom is -0.308 e. The third-order valence-electron chi connectivity index (χ3n) is 3.59. The third-order valence-corrected chi connectivity index (χ3v) is 4.74. The first-order valence-electron chi connectivity index (χ1n) is 7.79. The Bertz CT molecular complexity index is 591. The maximum atomic E-state index is 4.93. The SMILES string of the molecule is CC(C)(C)Cc1nc(CNC2CC2)c(-c2ccccc2)s1. The van der Waals surface area contributed by atoms with E-state index < -0.39 is 0 Å². The van der Waals surface area contributed by atoms with Crippen LogP contribution in [0, 0.1) is 5.41 Å². The Morgan fingerprint density at radius 3 is 2.52 bits per heavy atom. The molecule has 1 aliphatic carbocycles. The number of benzene rings is 1. The van der Waals surface area contributed by atoms with Crippen molar-refractivity contribution in [2.75, 3.05) is 0 Å². The minimum absolute atomic E-state index is 0.285. The molecule has 2 aromatic rings. The molecular weight excluding hydrogens is 276 g/mol. The van der Waals surface area contributed by atoms with Crippen LogP contribution in [0.15, 0.2) is 30.3 Å². The standard InChI is InChI=1S/C18H24N2S/c1-18(2,3)11-16-20-15(12-19-14-9-10-14)17(21-16)13-7-5-4-6-8-13/h4-8,14,19H,9-12H2,1-3H3. The van der Waals surface area contributed by atoms with Crippen molar-refractivity contribution >= 4 is 11.3 Å². The number of hydrogen-bond acceptors (Lipinski definition) is 3. The van der Waals surface area contributed by atoms with E-state index >= 15 is 0 Å². The summed E-state index contributed by atoms with van der Waals surface area (Å²) in [6.07, 6.45) is 3.68. The first-order valence-corrected chi connectivity index (χ1v) is 8.60. The van der Waals surface area contributed by atoms with Gasteiger partial charge in [-0.3, -0.25) is 0 Å². The fourth-order valence-corrected chi connectivity index (χ4v) is 3.78. The summed E-state index contributed by atoms with van der Waals surface area (Å²) in [5.41, 5.74) is 2.80. The zero-order valence-corrected chi connectivity index (χ0v) is 14.0. The summed E-state index contributed by atoms with van der Waals surface area (Å²) in [6, 6.07) is 11.4. The molecule has 0 amide bonds. The lowest BCUT2D eigenvalue weighted by Crippen LogP contribution is -2.16. The monoisotopic (exact) mass is 300 g/mol. The maximum absolute atomic E-state index is 4.93. The molecule has 0 radical (unpaired) electrons. The average Bonchev–Trinajstić information content (AvgIpc) is 3.17. The molecule has 0 spiro atoms. The zero-order valence-electron chi connectivity index (χ0n) is 13.1. The Balaban J connectivity index is 1.87. The van der Waals surface area contributed by atoms with E-state index in [2.05, 4.69) is 56.4 Å². The lowest BCUT2D eigenvalue weighted by atomic mass is 9.93. The molecule has 0 atom stereocenters. The highest BCUT2D eigenvalue weighted by Gasteiger charge is 2.23. The van der Waals surface area contributed by atoms with Gasteiger partial charge in [-0.15, -0.1) is 11.3 Å². The molecule has 1 aromatic carbocycles. The number of thiazole rings is 1. The van der Waals surface area contributed by atoms with Crippen molar-refractivity contribution in [1.29, 1.82) is 0 Å². The molecule has 3 heteroatoms. The van der Waals surface area contributed by atoms with Gasteiger partial charge >= 0.3 is 0 Å². The van der Waals surface area contributed by atoms with Crippen LogP contribution in [0.3, 0.4) is 0 Å². The van der Waals surface area contributed by atoms with E-state index in [9.17, 15) is 0 Å². The zero-order chi connectivity index (χ0) is 14.9. The van der Waals surface area contributed by atoms with Crippen molar-refractivity contribution in [2.24, 2.45) is 5.41 Å². The van der Waals surface area contributed by atoms with Crippen molar-refractivity contribution in [1.82, 2.24) is 10.3 Å². The van der Waals surface area contributed by atoms with Gasteiger partial charge in [0.1, 0.15) is 0 Å². The molecule has 1 fully saturated rings. The fourth-order valence-electron chi connectivity index (χ4n) is 2.39. The number of aromatic nitrogens is 1. The van der Waals surface area contributed by atoms with Crippen molar-refractivity contribution in [2.45, 2.75) is 52.6 Å². The summed E-state index contributed by atoms with van der Waals surface area (Å²) in [5.74, 6) is 0. The molecule has 21 heavy (non-hydrogen) atoms. The van der Waals surface area contributed by atoms with Gasteiger partial charge in [-0.25, -0.2) is 4.98 Å². The van der Waals surface area contributed by atoms with Gasteiger partial charge in [-0.05, 0) is 23.8 Å². The van der Waals surface area contributed by atoms with Crippen LogP contribution in [0.25, 0.3) is 10.4 Å². The first-order chi connectivity index (χ1) is 10.0. The van der Waals surface area contributed by atoms with Gasteiger partial charge in [-0.1, -0.05) is 51.1 Å². The lowest BCUT2D eigenvalue weighted by molar-refractivity contribution is 0.410. The Hall–Kier alpha value is -1.19. The van der Waals surface area contributed by atoms with Gasteiger partial charge in [0.25, 0.3) is 0 Å². The molecule has 0 saturated heterocycles. The van der Waals surface area contributed by atoms with Gasteiger partial charge in [0.05, 0.1) is 15.6 Å². The van der Waals surface area contributed by atoms with Crippen molar-refractivity contribution in [3.05, 3.63) is 41.0 Å². The quantitative estimate of drug-likeness (QED) is 0.869. The molecule has 3 rings (SSSR count). The Morgan fingerprint density at radius 1 is 1.19 bits per heavy atom. The van der Waals surface area contributed by atoms with E-state index in [1.807, 2.05) is 11.3 Å². The predicted molar refractivity (Wildman–Crippen MR) is 90.6 cm³/mol. The van der Waals surface area contributed by atoms with Crippen LogP contribution in [0.2, 0.25) is 0 Å². The Kier molecular flexibility index (Phi) is 4.14. The smallest absolute Gasteiger partial charge is 0.0940 e. The number of hydrogen-bond donors (Lipinski definition) is 1. The number of nitrogens with one attached hydrogen (secondary N) is 1. The number of rotatable bonds is 5. The van der Waals surface area contributed by atoms with E-state index in [1.54, 1.807) is 0 Å². The molecule has 1 aromatic heterocycles. The van der Waals surface area contributed by atoms with Gasteiger partial charge in [-0.2, -0.15) is 0 Å². The summed E-state index contributed by atoms with van der Waals surface area (Å²) < 4.78 is 0.